The molecule has 1 atom stereocenters. The second-order valence-electron chi connectivity index (χ2n) is 6.70. The molecule has 2 heterocycles. The lowest BCUT2D eigenvalue weighted by Gasteiger charge is -2.12. The molecule has 4 rings (SSSR count). The summed E-state index contributed by atoms with van der Waals surface area (Å²) in [5.74, 6) is 0.705. The normalized spacial score (nSPS) is 12.3. The highest BCUT2D eigenvalue weighted by molar-refractivity contribution is 6.30. The quantitative estimate of drug-likeness (QED) is 0.490. The van der Waals surface area contributed by atoms with Crippen molar-refractivity contribution in [3.63, 3.8) is 0 Å². The highest BCUT2D eigenvalue weighted by Crippen LogP contribution is 2.22. The Morgan fingerprint density at radius 3 is 2.76 bits per heavy atom. The molecule has 148 valence electrons. The van der Waals surface area contributed by atoms with Crippen molar-refractivity contribution in [2.75, 3.05) is 0 Å². The van der Waals surface area contributed by atoms with Gasteiger partial charge in [-0.2, -0.15) is 10.1 Å². The highest BCUT2D eigenvalue weighted by atomic mass is 35.5. The third kappa shape index (κ3) is 4.21. The van der Waals surface area contributed by atoms with E-state index in [1.807, 2.05) is 32.0 Å². The summed E-state index contributed by atoms with van der Waals surface area (Å²) in [5, 5.41) is 12.4. The van der Waals surface area contributed by atoms with Gasteiger partial charge in [-0.05, 0) is 56.3 Å². The van der Waals surface area contributed by atoms with Crippen LogP contribution in [0, 0.1) is 12.7 Å². The number of hydrogen-bond acceptors (Lipinski definition) is 5. The third-order valence-electron chi connectivity index (χ3n) is 4.70. The van der Waals surface area contributed by atoms with E-state index in [2.05, 4.69) is 20.6 Å². The molecule has 0 fully saturated rings. The fourth-order valence-electron chi connectivity index (χ4n) is 3.11. The summed E-state index contributed by atoms with van der Waals surface area (Å²) >= 11 is 5.91. The Hall–Kier alpha value is -3.03. The monoisotopic (exact) mass is 411 g/mol. The first kappa shape index (κ1) is 19.3. The number of benzene rings is 2. The van der Waals surface area contributed by atoms with Crippen LogP contribution in [0.3, 0.4) is 0 Å². The number of aromatic nitrogens is 4. The number of nitrogens with one attached hydrogen (secondary N) is 1. The smallest absolute Gasteiger partial charge is 0.240 e. The molecule has 29 heavy (non-hydrogen) atoms. The van der Waals surface area contributed by atoms with Crippen molar-refractivity contribution >= 4 is 11.6 Å². The van der Waals surface area contributed by atoms with E-state index in [1.54, 1.807) is 29.1 Å². The van der Waals surface area contributed by atoms with Crippen molar-refractivity contribution in [1.82, 2.24) is 25.2 Å². The zero-order chi connectivity index (χ0) is 20.4. The van der Waals surface area contributed by atoms with Crippen LogP contribution in [0.1, 0.15) is 30.1 Å². The average Bonchev–Trinajstić information content (AvgIpc) is 3.33. The zero-order valence-electron chi connectivity index (χ0n) is 15.9. The van der Waals surface area contributed by atoms with Gasteiger partial charge < -0.3 is 9.84 Å². The van der Waals surface area contributed by atoms with Gasteiger partial charge in [-0.25, -0.2) is 9.07 Å². The minimum Gasteiger partial charge on any atom is -0.338 e. The SMILES string of the molecule is Cc1c(C(C)NCc2nc(-c3ccc(Cl)cc3)no2)cnn1-c1cccc(F)c1. The van der Waals surface area contributed by atoms with Gasteiger partial charge in [0.15, 0.2) is 0 Å². The zero-order valence-corrected chi connectivity index (χ0v) is 16.7. The van der Waals surface area contributed by atoms with E-state index in [-0.39, 0.29) is 11.9 Å². The van der Waals surface area contributed by atoms with Crippen molar-refractivity contribution in [3.8, 4) is 17.1 Å². The molecule has 0 saturated carbocycles. The molecule has 4 aromatic rings. The lowest BCUT2D eigenvalue weighted by molar-refractivity contribution is 0.360. The molecule has 1 N–H and O–H groups in total. The molecule has 0 spiro atoms. The summed E-state index contributed by atoms with van der Waals surface area (Å²) in [7, 11) is 0. The molecule has 0 aliphatic rings. The van der Waals surface area contributed by atoms with Crippen molar-refractivity contribution in [3.05, 3.63) is 82.7 Å². The molecule has 8 heteroatoms. The summed E-state index contributed by atoms with van der Waals surface area (Å²) in [6, 6.07) is 13.6. The van der Waals surface area contributed by atoms with Crippen molar-refractivity contribution in [1.29, 1.82) is 0 Å². The minimum atomic E-state index is -0.294. The Kier molecular flexibility index (Phi) is 5.42. The van der Waals surface area contributed by atoms with Crippen LogP contribution >= 0.6 is 11.6 Å². The first-order valence-electron chi connectivity index (χ1n) is 9.13. The van der Waals surface area contributed by atoms with Gasteiger partial charge in [0, 0.05) is 27.9 Å². The topological polar surface area (TPSA) is 68.8 Å². The van der Waals surface area contributed by atoms with E-state index in [0.29, 0.717) is 29.0 Å². The van der Waals surface area contributed by atoms with E-state index in [0.717, 1.165) is 16.8 Å². The van der Waals surface area contributed by atoms with Gasteiger partial charge in [-0.3, -0.25) is 0 Å². The van der Waals surface area contributed by atoms with Crippen molar-refractivity contribution in [2.24, 2.45) is 0 Å². The lowest BCUT2D eigenvalue weighted by atomic mass is 10.1. The van der Waals surface area contributed by atoms with Gasteiger partial charge in [0.2, 0.25) is 11.7 Å². The minimum absolute atomic E-state index is 0.0109. The fourth-order valence-corrected chi connectivity index (χ4v) is 3.23. The van der Waals surface area contributed by atoms with Crippen LogP contribution in [0.25, 0.3) is 17.1 Å². The van der Waals surface area contributed by atoms with E-state index < -0.39 is 0 Å². The standard InChI is InChI=1S/C21H19ClFN5O/c1-13(19-11-25-28(14(19)2)18-5-3-4-17(23)10-18)24-12-20-26-21(27-29-20)15-6-8-16(22)9-7-15/h3-11,13,24H,12H2,1-2H3. The van der Waals surface area contributed by atoms with Gasteiger partial charge in [-0.15, -0.1) is 0 Å². The fraction of sp³-hybridized carbons (Fsp3) is 0.190. The Bertz CT molecular complexity index is 1120. The van der Waals surface area contributed by atoms with E-state index in [4.69, 9.17) is 16.1 Å². The summed E-state index contributed by atoms with van der Waals surface area (Å²) in [4.78, 5) is 4.41. The molecular weight excluding hydrogens is 393 g/mol. The maximum atomic E-state index is 13.5. The van der Waals surface area contributed by atoms with Gasteiger partial charge in [0.05, 0.1) is 18.4 Å². The summed E-state index contributed by atoms with van der Waals surface area (Å²) in [6.07, 6.45) is 1.78. The molecule has 0 bridgehead atoms. The lowest BCUT2D eigenvalue weighted by Crippen LogP contribution is -2.19. The maximum Gasteiger partial charge on any atom is 0.240 e. The van der Waals surface area contributed by atoms with Crippen molar-refractivity contribution < 1.29 is 8.91 Å². The van der Waals surface area contributed by atoms with E-state index >= 15 is 0 Å². The third-order valence-corrected chi connectivity index (χ3v) is 4.95. The number of halogens is 2. The first-order valence-corrected chi connectivity index (χ1v) is 9.51. The van der Waals surface area contributed by atoms with Crippen LogP contribution < -0.4 is 5.32 Å². The second-order valence-corrected chi connectivity index (χ2v) is 7.13. The van der Waals surface area contributed by atoms with Crippen molar-refractivity contribution in [2.45, 2.75) is 26.4 Å². The second kappa shape index (κ2) is 8.14. The van der Waals surface area contributed by atoms with Crippen LogP contribution in [-0.4, -0.2) is 19.9 Å². The van der Waals surface area contributed by atoms with Crippen LogP contribution in [0.2, 0.25) is 5.02 Å². The van der Waals surface area contributed by atoms with Crippen LogP contribution in [0.5, 0.6) is 0 Å². The summed E-state index contributed by atoms with van der Waals surface area (Å²) in [5.41, 5.74) is 3.46. The number of hydrogen-bond donors (Lipinski definition) is 1. The number of rotatable bonds is 6. The Labute approximate surface area is 172 Å². The average molecular weight is 412 g/mol. The number of nitrogens with zero attached hydrogens (tertiary/aromatic N) is 4. The first-order chi connectivity index (χ1) is 14.0. The van der Waals surface area contributed by atoms with Gasteiger partial charge in [0.25, 0.3) is 0 Å². The molecule has 0 aliphatic carbocycles. The predicted molar refractivity (Wildman–Crippen MR) is 108 cm³/mol. The molecule has 0 aliphatic heterocycles. The Morgan fingerprint density at radius 2 is 2.00 bits per heavy atom. The molecular formula is C21H19ClFN5O. The largest absolute Gasteiger partial charge is 0.338 e. The molecule has 2 aromatic carbocycles. The molecule has 0 amide bonds. The molecule has 6 nitrogen and oxygen atoms in total. The Balaban J connectivity index is 1.44. The highest BCUT2D eigenvalue weighted by Gasteiger charge is 2.16. The van der Waals surface area contributed by atoms with Gasteiger partial charge in [0.1, 0.15) is 5.82 Å². The molecule has 2 aromatic heterocycles. The van der Waals surface area contributed by atoms with Gasteiger partial charge in [-0.1, -0.05) is 22.8 Å². The van der Waals surface area contributed by atoms with Crippen LogP contribution in [-0.2, 0) is 6.54 Å². The van der Waals surface area contributed by atoms with Crippen LogP contribution in [0.15, 0.2) is 59.3 Å². The molecule has 0 radical (unpaired) electrons. The van der Waals surface area contributed by atoms with Gasteiger partial charge >= 0.3 is 0 Å². The summed E-state index contributed by atoms with van der Waals surface area (Å²) < 4.78 is 20.6. The van der Waals surface area contributed by atoms with Crippen LogP contribution in [0.4, 0.5) is 4.39 Å². The van der Waals surface area contributed by atoms with E-state index in [9.17, 15) is 4.39 Å². The summed E-state index contributed by atoms with van der Waals surface area (Å²) in [6.45, 7) is 4.39. The maximum absolute atomic E-state index is 13.5. The molecule has 0 saturated heterocycles. The molecule has 1 unspecified atom stereocenters. The predicted octanol–water partition coefficient (Wildman–Crippen LogP) is 4.87. The van der Waals surface area contributed by atoms with E-state index in [1.165, 1.54) is 12.1 Å². The Morgan fingerprint density at radius 1 is 1.21 bits per heavy atom.